The summed E-state index contributed by atoms with van der Waals surface area (Å²) in [7, 11) is 0. The van der Waals surface area contributed by atoms with Crippen LogP contribution in [0.3, 0.4) is 0 Å². The van der Waals surface area contributed by atoms with Gasteiger partial charge in [0.25, 0.3) is 0 Å². The van der Waals surface area contributed by atoms with Crippen LogP contribution in [0.5, 0.6) is 0 Å². The van der Waals surface area contributed by atoms with Crippen LogP contribution >= 0.6 is 0 Å². The van der Waals surface area contributed by atoms with E-state index in [-0.39, 0.29) is 24.2 Å². The van der Waals surface area contributed by atoms with Crippen molar-refractivity contribution in [1.82, 2.24) is 10.2 Å². The third-order valence-corrected chi connectivity index (χ3v) is 3.65. The highest BCUT2D eigenvalue weighted by Crippen LogP contribution is 2.08. The lowest BCUT2D eigenvalue weighted by Crippen LogP contribution is -2.48. The molecule has 1 saturated heterocycles. The Kier molecular flexibility index (Phi) is 6.34. The van der Waals surface area contributed by atoms with E-state index in [9.17, 15) is 9.18 Å². The SMILES string of the molecule is CC(C)CN1CCOC(CNC(=O)Cc2ccc(F)cc2)C1. The summed E-state index contributed by atoms with van der Waals surface area (Å²) in [5.41, 5.74) is 0.810. The normalized spacial score (nSPS) is 19.4. The minimum atomic E-state index is -0.287. The third-order valence-electron chi connectivity index (χ3n) is 3.65. The van der Waals surface area contributed by atoms with Gasteiger partial charge in [-0.2, -0.15) is 0 Å². The van der Waals surface area contributed by atoms with Crippen LogP contribution < -0.4 is 5.32 Å². The van der Waals surface area contributed by atoms with Crippen LogP contribution in [0.1, 0.15) is 19.4 Å². The molecule has 1 aliphatic rings. The van der Waals surface area contributed by atoms with Gasteiger partial charge < -0.3 is 10.1 Å². The van der Waals surface area contributed by atoms with Crippen molar-refractivity contribution in [3.8, 4) is 0 Å². The van der Waals surface area contributed by atoms with E-state index in [4.69, 9.17) is 4.74 Å². The summed E-state index contributed by atoms with van der Waals surface area (Å²) < 4.78 is 18.5. The molecule has 22 heavy (non-hydrogen) atoms. The number of nitrogens with one attached hydrogen (secondary N) is 1. The van der Waals surface area contributed by atoms with Gasteiger partial charge in [0.1, 0.15) is 5.82 Å². The molecule has 1 fully saturated rings. The number of amides is 1. The van der Waals surface area contributed by atoms with Gasteiger partial charge in [-0.1, -0.05) is 26.0 Å². The van der Waals surface area contributed by atoms with E-state index < -0.39 is 0 Å². The van der Waals surface area contributed by atoms with Gasteiger partial charge in [-0.15, -0.1) is 0 Å². The Morgan fingerprint density at radius 1 is 1.41 bits per heavy atom. The second-order valence-electron chi connectivity index (χ2n) is 6.25. The number of benzene rings is 1. The van der Waals surface area contributed by atoms with E-state index in [0.29, 0.717) is 19.1 Å². The van der Waals surface area contributed by atoms with Crippen molar-refractivity contribution in [2.75, 3.05) is 32.8 Å². The van der Waals surface area contributed by atoms with Crippen molar-refractivity contribution < 1.29 is 13.9 Å². The molecule has 0 spiro atoms. The number of morpholine rings is 1. The monoisotopic (exact) mass is 308 g/mol. The summed E-state index contributed by atoms with van der Waals surface area (Å²) in [6, 6.07) is 6.01. The molecule has 1 atom stereocenters. The van der Waals surface area contributed by atoms with Crippen molar-refractivity contribution in [3.05, 3.63) is 35.6 Å². The Morgan fingerprint density at radius 3 is 2.82 bits per heavy atom. The largest absolute Gasteiger partial charge is 0.374 e. The van der Waals surface area contributed by atoms with E-state index in [1.54, 1.807) is 12.1 Å². The summed E-state index contributed by atoms with van der Waals surface area (Å²) in [4.78, 5) is 14.3. The molecule has 0 aromatic heterocycles. The Hall–Kier alpha value is -1.46. The number of hydrogen-bond acceptors (Lipinski definition) is 3. The summed E-state index contributed by atoms with van der Waals surface area (Å²) in [6.45, 7) is 8.51. The van der Waals surface area contributed by atoms with Gasteiger partial charge in [-0.25, -0.2) is 4.39 Å². The molecule has 0 saturated carbocycles. The van der Waals surface area contributed by atoms with Crippen molar-refractivity contribution in [3.63, 3.8) is 0 Å². The van der Waals surface area contributed by atoms with Gasteiger partial charge in [0.2, 0.25) is 5.91 Å². The molecule has 1 unspecified atom stereocenters. The molecule has 1 amide bonds. The summed E-state index contributed by atoms with van der Waals surface area (Å²) in [5, 5.41) is 2.90. The zero-order valence-corrected chi connectivity index (χ0v) is 13.3. The van der Waals surface area contributed by atoms with Crippen LogP contribution in [0.2, 0.25) is 0 Å². The van der Waals surface area contributed by atoms with Crippen LogP contribution in [0, 0.1) is 11.7 Å². The predicted molar refractivity (Wildman–Crippen MR) is 84.1 cm³/mol. The Morgan fingerprint density at radius 2 is 2.14 bits per heavy atom. The Bertz CT molecular complexity index is 476. The first-order valence-electron chi connectivity index (χ1n) is 7.88. The number of halogens is 1. The summed E-state index contributed by atoms with van der Waals surface area (Å²) in [6.07, 6.45) is 0.313. The molecule has 1 aromatic rings. The van der Waals surface area contributed by atoms with Gasteiger partial charge in [0.05, 0.1) is 19.1 Å². The van der Waals surface area contributed by atoms with Crippen LogP contribution in [0.4, 0.5) is 4.39 Å². The lowest BCUT2D eigenvalue weighted by Gasteiger charge is -2.33. The van der Waals surface area contributed by atoms with Gasteiger partial charge in [-0.3, -0.25) is 9.69 Å². The van der Waals surface area contributed by atoms with Crippen LogP contribution in [0.25, 0.3) is 0 Å². The Balaban J connectivity index is 1.72. The molecule has 2 rings (SSSR count). The van der Waals surface area contributed by atoms with Gasteiger partial charge in [-0.05, 0) is 23.6 Å². The van der Waals surface area contributed by atoms with Crippen LogP contribution in [0.15, 0.2) is 24.3 Å². The molecule has 122 valence electrons. The van der Waals surface area contributed by atoms with E-state index in [2.05, 4.69) is 24.1 Å². The van der Waals surface area contributed by atoms with E-state index in [1.807, 2.05) is 0 Å². The highest BCUT2D eigenvalue weighted by Gasteiger charge is 2.21. The molecule has 0 bridgehead atoms. The second kappa shape index (κ2) is 8.25. The summed E-state index contributed by atoms with van der Waals surface area (Å²) in [5.74, 6) is 0.285. The van der Waals surface area contributed by atoms with Crippen molar-refractivity contribution in [1.29, 1.82) is 0 Å². The first-order valence-corrected chi connectivity index (χ1v) is 7.88. The van der Waals surface area contributed by atoms with Crippen molar-refractivity contribution >= 4 is 5.91 Å². The minimum absolute atomic E-state index is 0.0460. The topological polar surface area (TPSA) is 41.6 Å². The molecule has 0 radical (unpaired) electrons. The molecule has 5 heteroatoms. The van der Waals surface area contributed by atoms with Gasteiger partial charge >= 0.3 is 0 Å². The quantitative estimate of drug-likeness (QED) is 0.872. The third kappa shape index (κ3) is 5.73. The maximum Gasteiger partial charge on any atom is 0.224 e. The second-order valence-corrected chi connectivity index (χ2v) is 6.25. The molecule has 1 heterocycles. The molecule has 0 aliphatic carbocycles. The highest BCUT2D eigenvalue weighted by molar-refractivity contribution is 5.78. The molecular weight excluding hydrogens is 283 g/mol. The minimum Gasteiger partial charge on any atom is -0.374 e. The number of nitrogens with zero attached hydrogens (tertiary/aromatic N) is 1. The molecule has 4 nitrogen and oxygen atoms in total. The zero-order chi connectivity index (χ0) is 15.9. The number of carbonyl (C=O) groups excluding carboxylic acids is 1. The van der Waals surface area contributed by atoms with Crippen molar-refractivity contribution in [2.45, 2.75) is 26.4 Å². The fourth-order valence-corrected chi connectivity index (χ4v) is 2.66. The standard InChI is InChI=1S/C17H25FN2O2/c1-13(2)11-20-7-8-22-16(12-20)10-19-17(21)9-14-3-5-15(18)6-4-14/h3-6,13,16H,7-12H2,1-2H3,(H,19,21). The fourth-order valence-electron chi connectivity index (χ4n) is 2.66. The van der Waals surface area contributed by atoms with Crippen molar-refractivity contribution in [2.24, 2.45) is 5.92 Å². The Labute approximate surface area is 131 Å². The molecule has 1 N–H and O–H groups in total. The average molecular weight is 308 g/mol. The fraction of sp³-hybridized carbons (Fsp3) is 0.588. The molecular formula is C17H25FN2O2. The maximum atomic E-state index is 12.8. The smallest absolute Gasteiger partial charge is 0.224 e. The van der Waals surface area contributed by atoms with Gasteiger partial charge in [0, 0.05) is 26.2 Å². The van der Waals surface area contributed by atoms with Crippen LogP contribution in [-0.2, 0) is 16.0 Å². The highest BCUT2D eigenvalue weighted by atomic mass is 19.1. The first-order chi connectivity index (χ1) is 10.5. The maximum absolute atomic E-state index is 12.8. The van der Waals surface area contributed by atoms with E-state index in [0.717, 1.165) is 25.2 Å². The lowest BCUT2D eigenvalue weighted by atomic mass is 10.1. The number of hydrogen-bond donors (Lipinski definition) is 1. The first kappa shape index (κ1) is 16.9. The molecule has 1 aromatic carbocycles. The van der Waals surface area contributed by atoms with E-state index in [1.165, 1.54) is 12.1 Å². The number of rotatable bonds is 6. The average Bonchev–Trinajstić information content (AvgIpc) is 2.47. The lowest BCUT2D eigenvalue weighted by molar-refractivity contribution is -0.121. The number of carbonyl (C=O) groups is 1. The zero-order valence-electron chi connectivity index (χ0n) is 13.3. The predicted octanol–water partition coefficient (Wildman–Crippen LogP) is 1.84. The number of ether oxygens (including phenoxy) is 1. The van der Waals surface area contributed by atoms with Gasteiger partial charge in [0.15, 0.2) is 0 Å². The van der Waals surface area contributed by atoms with Crippen LogP contribution in [-0.4, -0.2) is 49.7 Å². The van der Waals surface area contributed by atoms with E-state index >= 15 is 0 Å². The molecule has 1 aliphatic heterocycles. The summed E-state index contributed by atoms with van der Waals surface area (Å²) >= 11 is 0.